The van der Waals surface area contributed by atoms with Crippen molar-refractivity contribution >= 4 is 0 Å². The number of aromatic nitrogens is 3. The van der Waals surface area contributed by atoms with Crippen LogP contribution in [0.1, 0.15) is 31.4 Å². The molecule has 0 saturated carbocycles. The number of fused-ring (bicyclic) bond motifs is 1. The van der Waals surface area contributed by atoms with E-state index in [-0.39, 0.29) is 0 Å². The van der Waals surface area contributed by atoms with E-state index in [0.717, 1.165) is 18.2 Å². The second kappa shape index (κ2) is 1.35. The van der Waals surface area contributed by atoms with E-state index < -0.39 is 0 Å². The summed E-state index contributed by atoms with van der Waals surface area (Å²) in [7, 11) is 0. The van der Waals surface area contributed by atoms with Crippen molar-refractivity contribution in [3.8, 4) is 0 Å². The summed E-state index contributed by atoms with van der Waals surface area (Å²) < 4.78 is 2.14. The summed E-state index contributed by atoms with van der Waals surface area (Å²) in [4.78, 5) is 0. The monoisotopic (exact) mass is 123 g/mol. The minimum atomic E-state index is 0.522. The molecule has 2 rings (SSSR count). The zero-order chi connectivity index (χ0) is 6.43. The van der Waals surface area contributed by atoms with E-state index >= 15 is 0 Å². The van der Waals surface area contributed by atoms with Crippen LogP contribution < -0.4 is 0 Å². The lowest BCUT2D eigenvalue weighted by Gasteiger charge is -1.96. The van der Waals surface area contributed by atoms with Gasteiger partial charge in [0.1, 0.15) is 5.82 Å². The Balaban J connectivity index is 2.42. The highest BCUT2D eigenvalue weighted by molar-refractivity contribution is 5.11. The van der Waals surface area contributed by atoms with Crippen molar-refractivity contribution in [2.75, 3.05) is 0 Å². The van der Waals surface area contributed by atoms with E-state index in [1.807, 2.05) is 0 Å². The molecule has 2 heterocycles. The Morgan fingerprint density at radius 1 is 1.44 bits per heavy atom. The molecular weight excluding hydrogens is 114 g/mol. The summed E-state index contributed by atoms with van der Waals surface area (Å²) in [5, 5.41) is 7.94. The van der Waals surface area contributed by atoms with Gasteiger partial charge in [0.2, 0.25) is 0 Å². The minimum Gasteiger partial charge on any atom is -0.305 e. The van der Waals surface area contributed by atoms with Gasteiger partial charge in [-0.2, -0.15) is 0 Å². The SMILES string of the molecule is CC(C)c1nnc2n1C2. The first-order valence-corrected chi connectivity index (χ1v) is 3.21. The molecule has 0 radical (unpaired) electrons. The Morgan fingerprint density at radius 3 is 2.44 bits per heavy atom. The molecular formula is C6H9N3. The smallest absolute Gasteiger partial charge is 0.153 e. The normalized spacial score (nSPS) is 14.1. The van der Waals surface area contributed by atoms with Gasteiger partial charge in [0.15, 0.2) is 5.82 Å². The van der Waals surface area contributed by atoms with Crippen molar-refractivity contribution in [2.24, 2.45) is 0 Å². The summed E-state index contributed by atoms with van der Waals surface area (Å²) in [5.74, 6) is 2.79. The highest BCUT2D eigenvalue weighted by Gasteiger charge is 2.24. The predicted octanol–water partition coefficient (Wildman–Crippen LogP) is 0.763. The number of hydrogen-bond acceptors (Lipinski definition) is 2. The van der Waals surface area contributed by atoms with Gasteiger partial charge in [-0.25, -0.2) is 0 Å². The van der Waals surface area contributed by atoms with E-state index in [1.165, 1.54) is 0 Å². The summed E-state index contributed by atoms with van der Waals surface area (Å²) >= 11 is 0. The van der Waals surface area contributed by atoms with Gasteiger partial charge in [0.25, 0.3) is 0 Å². The maximum absolute atomic E-state index is 4.00. The molecule has 0 bridgehead atoms. The minimum absolute atomic E-state index is 0.522. The van der Waals surface area contributed by atoms with Crippen molar-refractivity contribution in [1.29, 1.82) is 0 Å². The summed E-state index contributed by atoms with van der Waals surface area (Å²) in [5.41, 5.74) is 0. The molecule has 1 aliphatic heterocycles. The predicted molar refractivity (Wildman–Crippen MR) is 33.2 cm³/mol. The van der Waals surface area contributed by atoms with Crippen LogP contribution in [0, 0.1) is 0 Å². The molecule has 1 aliphatic rings. The average molecular weight is 123 g/mol. The van der Waals surface area contributed by atoms with Crippen molar-refractivity contribution in [2.45, 2.75) is 26.3 Å². The van der Waals surface area contributed by atoms with Gasteiger partial charge in [-0.3, -0.25) is 0 Å². The molecule has 0 atom stereocenters. The van der Waals surface area contributed by atoms with Crippen LogP contribution in [0.2, 0.25) is 0 Å². The maximum atomic E-state index is 4.00. The summed E-state index contributed by atoms with van der Waals surface area (Å²) in [6, 6.07) is 0. The van der Waals surface area contributed by atoms with Gasteiger partial charge in [0, 0.05) is 5.92 Å². The van der Waals surface area contributed by atoms with E-state index in [2.05, 4.69) is 28.6 Å². The third-order valence-corrected chi connectivity index (χ3v) is 1.57. The fourth-order valence-corrected chi connectivity index (χ4v) is 0.995. The highest BCUT2D eigenvalue weighted by Crippen LogP contribution is 2.22. The molecule has 0 fully saturated rings. The molecule has 3 heteroatoms. The van der Waals surface area contributed by atoms with Crippen molar-refractivity contribution in [3.63, 3.8) is 0 Å². The first-order valence-electron chi connectivity index (χ1n) is 3.21. The zero-order valence-electron chi connectivity index (χ0n) is 5.63. The number of hydrogen-bond donors (Lipinski definition) is 0. The molecule has 3 nitrogen and oxygen atoms in total. The van der Waals surface area contributed by atoms with Gasteiger partial charge in [-0.05, 0) is 0 Å². The van der Waals surface area contributed by atoms with Gasteiger partial charge in [0.05, 0.1) is 6.54 Å². The Hall–Kier alpha value is -0.860. The van der Waals surface area contributed by atoms with Gasteiger partial charge in [-0.15, -0.1) is 10.2 Å². The second-order valence-electron chi connectivity index (χ2n) is 2.72. The standard InChI is InChI=1S/C6H9N3/c1-4(2)6-8-7-5-3-9(5)6/h4H,3H2,1-2H3. The summed E-state index contributed by atoms with van der Waals surface area (Å²) in [6.45, 7) is 5.29. The van der Waals surface area contributed by atoms with Crippen LogP contribution in [0.25, 0.3) is 0 Å². The first kappa shape index (κ1) is 4.97. The Bertz CT molecular complexity index is 236. The highest BCUT2D eigenvalue weighted by atomic mass is 15.4. The molecule has 0 aromatic carbocycles. The molecule has 1 aromatic rings. The van der Waals surface area contributed by atoms with Crippen LogP contribution in [0.15, 0.2) is 0 Å². The van der Waals surface area contributed by atoms with Crippen molar-refractivity contribution in [1.82, 2.24) is 14.8 Å². The molecule has 0 saturated heterocycles. The van der Waals surface area contributed by atoms with Gasteiger partial charge < -0.3 is 4.57 Å². The van der Waals surface area contributed by atoms with E-state index in [9.17, 15) is 0 Å². The Labute approximate surface area is 53.7 Å². The largest absolute Gasteiger partial charge is 0.305 e. The van der Waals surface area contributed by atoms with Crippen LogP contribution in [-0.4, -0.2) is 14.8 Å². The topological polar surface area (TPSA) is 30.7 Å². The van der Waals surface area contributed by atoms with Crippen molar-refractivity contribution in [3.05, 3.63) is 11.6 Å². The molecule has 48 valence electrons. The molecule has 0 aliphatic carbocycles. The maximum Gasteiger partial charge on any atom is 0.153 e. The Kier molecular flexibility index (Phi) is 0.743. The van der Waals surface area contributed by atoms with E-state index in [4.69, 9.17) is 0 Å². The van der Waals surface area contributed by atoms with Crippen LogP contribution in [-0.2, 0) is 6.54 Å². The van der Waals surface area contributed by atoms with Crippen molar-refractivity contribution < 1.29 is 0 Å². The van der Waals surface area contributed by atoms with Gasteiger partial charge >= 0.3 is 0 Å². The Morgan fingerprint density at radius 2 is 2.22 bits per heavy atom. The quantitative estimate of drug-likeness (QED) is 0.560. The lowest BCUT2D eigenvalue weighted by Crippen LogP contribution is -1.94. The van der Waals surface area contributed by atoms with Crippen LogP contribution >= 0.6 is 0 Å². The molecule has 0 N–H and O–H groups in total. The molecule has 9 heavy (non-hydrogen) atoms. The van der Waals surface area contributed by atoms with Crippen LogP contribution in [0.4, 0.5) is 0 Å². The fourth-order valence-electron chi connectivity index (χ4n) is 0.995. The second-order valence-corrected chi connectivity index (χ2v) is 2.72. The fraction of sp³-hybridized carbons (Fsp3) is 0.667. The van der Waals surface area contributed by atoms with Crippen LogP contribution in [0.5, 0.6) is 0 Å². The lowest BCUT2D eigenvalue weighted by atomic mass is 10.2. The third-order valence-electron chi connectivity index (χ3n) is 1.57. The van der Waals surface area contributed by atoms with E-state index in [1.54, 1.807) is 0 Å². The van der Waals surface area contributed by atoms with Crippen LogP contribution in [0.3, 0.4) is 0 Å². The summed E-state index contributed by atoms with van der Waals surface area (Å²) in [6.07, 6.45) is 0. The van der Waals surface area contributed by atoms with Gasteiger partial charge in [-0.1, -0.05) is 13.8 Å². The molecule has 0 amide bonds. The number of rotatable bonds is 1. The first-order chi connectivity index (χ1) is 4.29. The molecule has 1 aromatic heterocycles. The molecule has 0 spiro atoms. The zero-order valence-corrected chi connectivity index (χ0v) is 5.63. The third kappa shape index (κ3) is 0.573. The van der Waals surface area contributed by atoms with E-state index in [0.29, 0.717) is 5.92 Å². The lowest BCUT2D eigenvalue weighted by molar-refractivity contribution is 0.730. The number of nitrogens with zero attached hydrogens (tertiary/aromatic N) is 3. The molecule has 0 unspecified atom stereocenters. The average Bonchev–Trinajstić information content (AvgIpc) is 2.43.